The predicted molar refractivity (Wildman–Crippen MR) is 178 cm³/mol. The van der Waals surface area contributed by atoms with E-state index in [9.17, 15) is 22.8 Å². The number of primary sulfonamides is 1. The molecule has 1 atom stereocenters. The van der Waals surface area contributed by atoms with Gasteiger partial charge < -0.3 is 25.4 Å². The quantitative estimate of drug-likeness (QED) is 0.123. The highest BCUT2D eigenvalue weighted by atomic mass is 32.2. The van der Waals surface area contributed by atoms with Gasteiger partial charge in [0.1, 0.15) is 5.70 Å². The lowest BCUT2D eigenvalue weighted by molar-refractivity contribution is -0.115. The fourth-order valence-electron chi connectivity index (χ4n) is 4.13. The molecule has 3 amide bonds. The van der Waals surface area contributed by atoms with Crippen LogP contribution in [0.4, 0.5) is 11.4 Å². The number of rotatable bonds is 12. The summed E-state index contributed by atoms with van der Waals surface area (Å²) in [5, 5.41) is 12.8. The lowest BCUT2D eigenvalue weighted by atomic mass is 10.1. The number of benzene rings is 4. The van der Waals surface area contributed by atoms with Gasteiger partial charge in [0.25, 0.3) is 11.8 Å². The Morgan fingerprint density at radius 3 is 2.15 bits per heavy atom. The number of thioether (sulfide) groups is 1. The molecule has 0 radical (unpaired) electrons. The van der Waals surface area contributed by atoms with Crippen LogP contribution in [-0.2, 0) is 19.6 Å². The van der Waals surface area contributed by atoms with E-state index in [1.807, 2.05) is 0 Å². The zero-order chi connectivity index (χ0) is 33.3. The number of hydrogen-bond donors (Lipinski definition) is 4. The zero-order valence-electron chi connectivity index (χ0n) is 25.1. The van der Waals surface area contributed by atoms with E-state index < -0.39 is 27.1 Å². The number of nitrogens with one attached hydrogen (secondary N) is 3. The van der Waals surface area contributed by atoms with E-state index >= 15 is 0 Å². The van der Waals surface area contributed by atoms with Crippen molar-refractivity contribution < 1.29 is 32.3 Å². The molecule has 0 heterocycles. The predicted octanol–water partition coefficient (Wildman–Crippen LogP) is 4.88. The number of sulfonamides is 1. The second kappa shape index (κ2) is 15.3. The summed E-state index contributed by atoms with van der Waals surface area (Å²) >= 11 is 1.26. The molecule has 238 valence electrons. The van der Waals surface area contributed by atoms with Crippen LogP contribution in [0.25, 0.3) is 6.08 Å². The largest absolute Gasteiger partial charge is 0.493 e. The molecule has 4 rings (SSSR count). The van der Waals surface area contributed by atoms with E-state index in [2.05, 4.69) is 16.0 Å². The van der Waals surface area contributed by atoms with Gasteiger partial charge in [-0.1, -0.05) is 30.3 Å². The highest BCUT2D eigenvalue weighted by molar-refractivity contribution is 8.00. The van der Waals surface area contributed by atoms with Crippen LogP contribution < -0.4 is 30.6 Å². The molecule has 0 aliphatic rings. The van der Waals surface area contributed by atoms with Crippen molar-refractivity contribution in [2.24, 2.45) is 5.14 Å². The molecule has 0 aliphatic carbocycles. The molecule has 5 N–H and O–H groups in total. The van der Waals surface area contributed by atoms with Gasteiger partial charge in [-0.15, -0.1) is 11.8 Å². The molecule has 0 saturated heterocycles. The van der Waals surface area contributed by atoms with Crippen LogP contribution in [0.3, 0.4) is 0 Å². The maximum absolute atomic E-state index is 13.5. The third-order valence-corrected chi connectivity index (χ3v) is 8.49. The lowest BCUT2D eigenvalue weighted by Crippen LogP contribution is -2.30. The van der Waals surface area contributed by atoms with Gasteiger partial charge in [0, 0.05) is 21.8 Å². The van der Waals surface area contributed by atoms with Crippen LogP contribution >= 0.6 is 11.8 Å². The Hall–Kier alpha value is -5.11. The first kappa shape index (κ1) is 33.8. The monoisotopic (exact) mass is 660 g/mol. The Bertz CT molecular complexity index is 1860. The highest BCUT2D eigenvalue weighted by Gasteiger charge is 2.18. The summed E-state index contributed by atoms with van der Waals surface area (Å²) in [6, 6.07) is 26.1. The van der Waals surface area contributed by atoms with Gasteiger partial charge in [0.15, 0.2) is 11.5 Å². The van der Waals surface area contributed by atoms with Crippen LogP contribution in [0.1, 0.15) is 22.8 Å². The van der Waals surface area contributed by atoms with Gasteiger partial charge in [-0.25, -0.2) is 13.6 Å². The molecule has 1 unspecified atom stereocenters. The van der Waals surface area contributed by atoms with Crippen molar-refractivity contribution in [3.63, 3.8) is 0 Å². The van der Waals surface area contributed by atoms with Crippen molar-refractivity contribution in [2.45, 2.75) is 22.0 Å². The molecule has 4 aromatic carbocycles. The summed E-state index contributed by atoms with van der Waals surface area (Å²) in [5.74, 6) is -0.391. The van der Waals surface area contributed by atoms with Crippen molar-refractivity contribution in [1.82, 2.24) is 5.32 Å². The number of anilines is 2. The van der Waals surface area contributed by atoms with Gasteiger partial charge in [0.2, 0.25) is 15.9 Å². The van der Waals surface area contributed by atoms with E-state index in [0.29, 0.717) is 38.9 Å². The fourth-order valence-corrected chi connectivity index (χ4v) is 5.57. The summed E-state index contributed by atoms with van der Waals surface area (Å²) in [7, 11) is -0.828. The zero-order valence-corrected chi connectivity index (χ0v) is 26.8. The minimum atomic E-state index is -3.84. The molecule has 0 aliphatic heterocycles. The Morgan fingerprint density at radius 1 is 0.804 bits per heavy atom. The smallest absolute Gasteiger partial charge is 0.272 e. The fraction of sp³-hybridized carbons (Fsp3) is 0.121. The molecule has 13 heteroatoms. The van der Waals surface area contributed by atoms with Crippen LogP contribution in [0.2, 0.25) is 0 Å². The second-order valence-corrected chi connectivity index (χ2v) is 12.8. The van der Waals surface area contributed by atoms with E-state index in [4.69, 9.17) is 14.6 Å². The number of nitrogens with two attached hydrogens (primary N) is 1. The van der Waals surface area contributed by atoms with Crippen LogP contribution in [0.5, 0.6) is 11.5 Å². The van der Waals surface area contributed by atoms with Crippen molar-refractivity contribution in [3.05, 3.63) is 114 Å². The third kappa shape index (κ3) is 9.20. The normalized spacial score (nSPS) is 12.0. The van der Waals surface area contributed by atoms with Crippen molar-refractivity contribution in [2.75, 3.05) is 24.9 Å². The summed E-state index contributed by atoms with van der Waals surface area (Å²) in [5.41, 5.74) is 1.80. The standard InChI is InChI=1S/C33H32N4O7S2/c1-21(31(38)35-24-13-15-27(16-14-24)46(34,41)42)45-26-11-7-10-25(20-26)36-33(40)28(37-32(39)23-8-5-4-6-9-23)18-22-12-17-29(43-2)30(19-22)44-3/h4-21H,1-3H3,(H,35,38)(H,36,40)(H,37,39)(H2,34,41,42)/b28-18+. The van der Waals surface area contributed by atoms with Crippen LogP contribution in [-0.4, -0.2) is 45.6 Å². The first-order valence-electron chi connectivity index (χ1n) is 13.8. The average molecular weight is 661 g/mol. The molecular weight excluding hydrogens is 629 g/mol. The van der Waals surface area contributed by atoms with E-state index in [-0.39, 0.29) is 16.5 Å². The first-order chi connectivity index (χ1) is 22.0. The van der Waals surface area contributed by atoms with Crippen molar-refractivity contribution in [1.29, 1.82) is 0 Å². The minimum Gasteiger partial charge on any atom is -0.493 e. The second-order valence-electron chi connectivity index (χ2n) is 9.79. The SMILES string of the molecule is COc1ccc(/C=C(/NC(=O)c2ccccc2)C(=O)Nc2cccc(SC(C)C(=O)Nc3ccc(S(N)(=O)=O)cc3)c2)cc1OC. The molecule has 0 bridgehead atoms. The summed E-state index contributed by atoms with van der Waals surface area (Å²) < 4.78 is 33.6. The maximum atomic E-state index is 13.5. The van der Waals surface area contributed by atoms with Gasteiger partial charge in [-0.2, -0.15) is 0 Å². The number of ether oxygens (including phenoxy) is 2. The minimum absolute atomic E-state index is 0.0136. The van der Waals surface area contributed by atoms with Gasteiger partial charge in [-0.05, 0) is 85.3 Å². The number of hydrogen-bond acceptors (Lipinski definition) is 8. The number of amides is 3. The molecular formula is C33H32N4O7S2. The van der Waals surface area contributed by atoms with E-state index in [1.54, 1.807) is 79.7 Å². The summed E-state index contributed by atoms with van der Waals surface area (Å²) in [6.07, 6.45) is 1.53. The summed E-state index contributed by atoms with van der Waals surface area (Å²) in [6.45, 7) is 1.72. The summed E-state index contributed by atoms with van der Waals surface area (Å²) in [4.78, 5) is 40.0. The van der Waals surface area contributed by atoms with E-state index in [0.717, 1.165) is 0 Å². The Labute approximate surface area is 271 Å². The molecule has 0 saturated carbocycles. The number of carbonyl (C=O) groups is 3. The molecule has 11 nitrogen and oxygen atoms in total. The molecule has 4 aromatic rings. The topological polar surface area (TPSA) is 166 Å². The first-order valence-corrected chi connectivity index (χ1v) is 16.2. The molecule has 0 aromatic heterocycles. The highest BCUT2D eigenvalue weighted by Crippen LogP contribution is 2.29. The van der Waals surface area contributed by atoms with E-state index in [1.165, 1.54) is 56.3 Å². The van der Waals surface area contributed by atoms with Gasteiger partial charge in [-0.3, -0.25) is 14.4 Å². The number of carbonyl (C=O) groups excluding carboxylic acids is 3. The molecule has 0 fully saturated rings. The third-order valence-electron chi connectivity index (χ3n) is 6.47. The Morgan fingerprint density at radius 2 is 1.50 bits per heavy atom. The molecule has 0 spiro atoms. The van der Waals surface area contributed by atoms with Gasteiger partial charge in [0.05, 0.1) is 24.4 Å². The lowest BCUT2D eigenvalue weighted by Gasteiger charge is -2.14. The Kier molecular flexibility index (Phi) is 11.2. The van der Waals surface area contributed by atoms with Gasteiger partial charge >= 0.3 is 0 Å². The average Bonchev–Trinajstić information content (AvgIpc) is 3.04. The van der Waals surface area contributed by atoms with Crippen molar-refractivity contribution >= 4 is 57.0 Å². The molecule has 46 heavy (non-hydrogen) atoms. The Balaban J connectivity index is 1.49. The van der Waals surface area contributed by atoms with Crippen LogP contribution in [0.15, 0.2) is 113 Å². The maximum Gasteiger partial charge on any atom is 0.272 e. The number of methoxy groups -OCH3 is 2. The van der Waals surface area contributed by atoms with Crippen LogP contribution in [0, 0.1) is 0 Å². The van der Waals surface area contributed by atoms with Crippen molar-refractivity contribution in [3.8, 4) is 11.5 Å².